The van der Waals surface area contributed by atoms with E-state index in [2.05, 4.69) is 36.2 Å². The highest BCUT2D eigenvalue weighted by Crippen LogP contribution is 2.20. The first-order chi connectivity index (χ1) is 9.08. The smallest absolute Gasteiger partial charge is 0.322 e. The fraction of sp³-hybridized carbons (Fsp3) is 0.250. The van der Waals surface area contributed by atoms with Crippen LogP contribution in [0.5, 0.6) is 6.01 Å². The quantitative estimate of drug-likeness (QED) is 0.921. The predicted molar refractivity (Wildman–Crippen MR) is 77.6 cm³/mol. The van der Waals surface area contributed by atoms with E-state index in [9.17, 15) is 0 Å². The van der Waals surface area contributed by atoms with Crippen LogP contribution in [0.3, 0.4) is 0 Å². The van der Waals surface area contributed by atoms with Gasteiger partial charge in [0.05, 0.1) is 13.2 Å². The molecule has 0 aliphatic heterocycles. The zero-order chi connectivity index (χ0) is 13.8. The minimum Gasteiger partial charge on any atom is -0.467 e. The van der Waals surface area contributed by atoms with Gasteiger partial charge in [-0.1, -0.05) is 28.1 Å². The Morgan fingerprint density at radius 3 is 2.53 bits per heavy atom. The summed E-state index contributed by atoms with van der Waals surface area (Å²) in [7, 11) is 1.48. The number of rotatable bonds is 4. The van der Waals surface area contributed by atoms with E-state index >= 15 is 0 Å². The fourth-order valence-corrected chi connectivity index (χ4v) is 1.93. The van der Waals surface area contributed by atoms with Gasteiger partial charge in [0.2, 0.25) is 11.2 Å². The number of aromatic nitrogens is 3. The number of ether oxygens (including phenoxy) is 1. The summed E-state index contributed by atoms with van der Waals surface area (Å²) >= 11 is 9.19. The summed E-state index contributed by atoms with van der Waals surface area (Å²) in [6, 6.07) is 8.22. The van der Waals surface area contributed by atoms with Crippen LogP contribution < -0.4 is 10.1 Å². The molecule has 1 aromatic carbocycles. The van der Waals surface area contributed by atoms with Gasteiger partial charge >= 0.3 is 6.01 Å². The third kappa shape index (κ3) is 3.78. The number of nitrogens with zero attached hydrogens (tertiary/aromatic N) is 3. The highest BCUT2D eigenvalue weighted by Gasteiger charge is 2.10. The second-order valence-electron chi connectivity index (χ2n) is 3.83. The van der Waals surface area contributed by atoms with Gasteiger partial charge in [-0.15, -0.1) is 0 Å². The molecule has 0 aliphatic rings. The van der Waals surface area contributed by atoms with Crippen molar-refractivity contribution in [3.8, 4) is 6.01 Å². The molecule has 1 N–H and O–H groups in total. The highest BCUT2D eigenvalue weighted by atomic mass is 79.9. The largest absolute Gasteiger partial charge is 0.467 e. The van der Waals surface area contributed by atoms with Crippen molar-refractivity contribution in [2.24, 2.45) is 0 Å². The van der Waals surface area contributed by atoms with Crippen LogP contribution in [-0.4, -0.2) is 22.1 Å². The molecule has 2 aromatic rings. The maximum absolute atomic E-state index is 5.79. The predicted octanol–water partition coefficient (Wildman–Crippen LogP) is 3.47. The van der Waals surface area contributed by atoms with Crippen LogP contribution in [0.2, 0.25) is 5.28 Å². The summed E-state index contributed by atoms with van der Waals surface area (Å²) in [5.41, 5.74) is 1.11. The van der Waals surface area contributed by atoms with Crippen molar-refractivity contribution in [2.45, 2.75) is 13.0 Å². The van der Waals surface area contributed by atoms with E-state index in [-0.39, 0.29) is 17.3 Å². The molecule has 1 atom stereocenters. The maximum atomic E-state index is 5.79. The third-order valence-electron chi connectivity index (χ3n) is 2.49. The van der Waals surface area contributed by atoms with E-state index in [1.165, 1.54) is 7.11 Å². The molecule has 0 bridgehead atoms. The number of anilines is 1. The van der Waals surface area contributed by atoms with E-state index in [0.717, 1.165) is 10.0 Å². The molecular formula is C12H12BrClN4O. The van der Waals surface area contributed by atoms with E-state index < -0.39 is 0 Å². The summed E-state index contributed by atoms with van der Waals surface area (Å²) in [6.45, 7) is 2.01. The Morgan fingerprint density at radius 1 is 1.21 bits per heavy atom. The number of hydrogen-bond donors (Lipinski definition) is 1. The Balaban J connectivity index is 2.16. The number of methoxy groups -OCH3 is 1. The SMILES string of the molecule is COc1nc(Cl)nc(NC(C)c2ccc(Br)cc2)n1. The first-order valence-electron chi connectivity index (χ1n) is 5.56. The molecule has 0 spiro atoms. The summed E-state index contributed by atoms with van der Waals surface area (Å²) in [4.78, 5) is 11.9. The number of nitrogens with one attached hydrogen (secondary N) is 1. The van der Waals surface area contributed by atoms with Gasteiger partial charge < -0.3 is 10.1 Å². The lowest BCUT2D eigenvalue weighted by Crippen LogP contribution is -2.10. The molecule has 7 heteroatoms. The van der Waals surface area contributed by atoms with Crippen molar-refractivity contribution in [3.63, 3.8) is 0 Å². The van der Waals surface area contributed by atoms with Crippen LogP contribution in [0.4, 0.5) is 5.95 Å². The zero-order valence-corrected chi connectivity index (χ0v) is 12.7. The van der Waals surface area contributed by atoms with Crippen molar-refractivity contribution >= 4 is 33.5 Å². The Kier molecular flexibility index (Phi) is 4.55. The second kappa shape index (κ2) is 6.16. The zero-order valence-electron chi connectivity index (χ0n) is 10.4. The van der Waals surface area contributed by atoms with Gasteiger partial charge in [-0.3, -0.25) is 0 Å². The number of hydrogen-bond acceptors (Lipinski definition) is 5. The molecule has 1 aromatic heterocycles. The minimum absolute atomic E-state index is 0.0382. The average Bonchev–Trinajstić information content (AvgIpc) is 2.38. The van der Waals surface area contributed by atoms with Gasteiger partial charge in [0.1, 0.15) is 0 Å². The summed E-state index contributed by atoms with van der Waals surface area (Å²) < 4.78 is 5.98. The van der Waals surface area contributed by atoms with E-state index in [1.807, 2.05) is 31.2 Å². The van der Waals surface area contributed by atoms with E-state index in [0.29, 0.717) is 5.95 Å². The molecular weight excluding hydrogens is 332 g/mol. The fourth-order valence-electron chi connectivity index (χ4n) is 1.52. The molecule has 0 radical (unpaired) electrons. The van der Waals surface area contributed by atoms with Crippen molar-refractivity contribution < 1.29 is 4.74 Å². The number of benzene rings is 1. The molecule has 0 aliphatic carbocycles. The molecule has 100 valence electrons. The molecule has 0 amide bonds. The van der Waals surface area contributed by atoms with Crippen LogP contribution in [0, 0.1) is 0 Å². The minimum atomic E-state index is 0.0382. The van der Waals surface area contributed by atoms with Gasteiger partial charge in [0.15, 0.2) is 0 Å². The van der Waals surface area contributed by atoms with Crippen LogP contribution in [0.25, 0.3) is 0 Å². The lowest BCUT2D eigenvalue weighted by Gasteiger charge is -2.14. The molecule has 0 saturated carbocycles. The first-order valence-corrected chi connectivity index (χ1v) is 6.73. The maximum Gasteiger partial charge on any atom is 0.322 e. The van der Waals surface area contributed by atoms with Crippen molar-refractivity contribution in [3.05, 3.63) is 39.6 Å². The van der Waals surface area contributed by atoms with Gasteiger partial charge in [-0.25, -0.2) is 0 Å². The van der Waals surface area contributed by atoms with Crippen LogP contribution in [-0.2, 0) is 0 Å². The lowest BCUT2D eigenvalue weighted by atomic mass is 10.1. The first kappa shape index (κ1) is 14.0. The van der Waals surface area contributed by atoms with Crippen molar-refractivity contribution in [2.75, 3.05) is 12.4 Å². The summed E-state index contributed by atoms with van der Waals surface area (Å²) in [5.74, 6) is 0.382. The van der Waals surface area contributed by atoms with E-state index in [4.69, 9.17) is 16.3 Å². The lowest BCUT2D eigenvalue weighted by molar-refractivity contribution is 0.378. The van der Waals surface area contributed by atoms with Gasteiger partial charge in [-0.2, -0.15) is 15.0 Å². The molecule has 1 unspecified atom stereocenters. The van der Waals surface area contributed by atoms with Gasteiger partial charge in [0.25, 0.3) is 0 Å². The monoisotopic (exact) mass is 342 g/mol. The van der Waals surface area contributed by atoms with Gasteiger partial charge in [0, 0.05) is 4.47 Å². The molecule has 0 fully saturated rings. The summed E-state index contributed by atoms with van der Waals surface area (Å²) in [6.07, 6.45) is 0. The Hall–Kier alpha value is -1.40. The Morgan fingerprint density at radius 2 is 1.89 bits per heavy atom. The molecule has 0 saturated heterocycles. The highest BCUT2D eigenvalue weighted by molar-refractivity contribution is 9.10. The molecule has 1 heterocycles. The normalized spacial score (nSPS) is 12.0. The topological polar surface area (TPSA) is 59.9 Å². The van der Waals surface area contributed by atoms with Crippen LogP contribution in [0.1, 0.15) is 18.5 Å². The van der Waals surface area contributed by atoms with Crippen LogP contribution in [0.15, 0.2) is 28.7 Å². The number of halogens is 2. The third-order valence-corrected chi connectivity index (χ3v) is 3.18. The molecule has 2 rings (SSSR count). The summed E-state index contributed by atoms with van der Waals surface area (Å²) in [5, 5.41) is 3.25. The molecule has 5 nitrogen and oxygen atoms in total. The standard InChI is InChI=1S/C12H12BrClN4O/c1-7(8-3-5-9(13)6-4-8)15-11-16-10(14)17-12(18-11)19-2/h3-7H,1-2H3,(H,15,16,17,18). The molecule has 19 heavy (non-hydrogen) atoms. The van der Waals surface area contributed by atoms with Crippen LogP contribution >= 0.6 is 27.5 Å². The van der Waals surface area contributed by atoms with Crippen molar-refractivity contribution in [1.82, 2.24) is 15.0 Å². The Labute approximate surface area is 124 Å². The average molecular weight is 344 g/mol. The van der Waals surface area contributed by atoms with E-state index in [1.54, 1.807) is 0 Å². The van der Waals surface area contributed by atoms with Crippen molar-refractivity contribution in [1.29, 1.82) is 0 Å². The Bertz CT molecular complexity index is 564. The second-order valence-corrected chi connectivity index (χ2v) is 5.09. The van der Waals surface area contributed by atoms with Gasteiger partial charge in [-0.05, 0) is 36.2 Å².